The number of nitrogens with zero attached hydrogens (tertiary/aromatic N) is 2. The number of aromatic nitrogens is 1. The van der Waals surface area contributed by atoms with Gasteiger partial charge in [-0.3, -0.25) is 0 Å². The molecule has 1 heterocycles. The van der Waals surface area contributed by atoms with Gasteiger partial charge < -0.3 is 4.90 Å². The second kappa shape index (κ2) is 5.17. The number of hydrogen-bond donors (Lipinski definition) is 0. The zero-order chi connectivity index (χ0) is 10.7. The molecule has 0 atom stereocenters. The summed E-state index contributed by atoms with van der Waals surface area (Å²) in [5.74, 6) is 0.527. The minimum atomic E-state index is 0.527. The van der Waals surface area contributed by atoms with E-state index in [0.717, 1.165) is 17.4 Å². The van der Waals surface area contributed by atoms with E-state index >= 15 is 0 Å². The lowest BCUT2D eigenvalue weighted by Crippen LogP contribution is -2.32. The van der Waals surface area contributed by atoms with E-state index in [4.69, 9.17) is 11.6 Å². The third-order valence-corrected chi connectivity index (χ3v) is 4.23. The van der Waals surface area contributed by atoms with Crippen molar-refractivity contribution in [2.45, 2.75) is 44.5 Å². The van der Waals surface area contributed by atoms with Gasteiger partial charge >= 0.3 is 0 Å². The summed E-state index contributed by atoms with van der Waals surface area (Å²) in [6.07, 6.45) is 5.39. The van der Waals surface area contributed by atoms with Crippen LogP contribution in [0, 0.1) is 0 Å². The minimum absolute atomic E-state index is 0.527. The van der Waals surface area contributed by atoms with Gasteiger partial charge in [0.2, 0.25) is 0 Å². The van der Waals surface area contributed by atoms with Crippen molar-refractivity contribution in [2.24, 2.45) is 0 Å². The van der Waals surface area contributed by atoms with Crippen LogP contribution in [-0.4, -0.2) is 17.6 Å². The first kappa shape index (κ1) is 11.2. The molecule has 15 heavy (non-hydrogen) atoms. The first-order valence-corrected chi connectivity index (χ1v) is 7.03. The molecule has 0 aromatic carbocycles. The lowest BCUT2D eigenvalue weighted by atomic mass is 10.2. The molecule has 1 aliphatic carbocycles. The highest BCUT2D eigenvalue weighted by molar-refractivity contribution is 7.13. The summed E-state index contributed by atoms with van der Waals surface area (Å²) in [6.45, 7) is 3.26. The molecule has 1 aliphatic rings. The molecule has 84 valence electrons. The summed E-state index contributed by atoms with van der Waals surface area (Å²) >= 11 is 7.50. The average molecular weight is 245 g/mol. The van der Waals surface area contributed by atoms with Gasteiger partial charge in [-0.05, 0) is 19.8 Å². The Balaban J connectivity index is 2.10. The van der Waals surface area contributed by atoms with Gasteiger partial charge in [0.25, 0.3) is 0 Å². The van der Waals surface area contributed by atoms with E-state index < -0.39 is 0 Å². The van der Waals surface area contributed by atoms with Crippen LogP contribution in [0.25, 0.3) is 0 Å². The van der Waals surface area contributed by atoms with Crippen molar-refractivity contribution in [3.63, 3.8) is 0 Å². The summed E-state index contributed by atoms with van der Waals surface area (Å²) < 4.78 is 0. The fourth-order valence-electron chi connectivity index (χ4n) is 2.26. The minimum Gasteiger partial charge on any atom is -0.345 e. The highest BCUT2D eigenvalue weighted by atomic mass is 35.5. The van der Waals surface area contributed by atoms with Gasteiger partial charge in [0.15, 0.2) is 5.13 Å². The summed E-state index contributed by atoms with van der Waals surface area (Å²) in [5.41, 5.74) is 1.01. The standard InChI is InChI=1S/C11H17ClN2S/c1-2-14(10-5-3-4-6-10)11-13-9(7-12)8-15-11/h8,10H,2-7H2,1H3. The highest BCUT2D eigenvalue weighted by Gasteiger charge is 2.23. The quantitative estimate of drug-likeness (QED) is 0.752. The fourth-order valence-corrected chi connectivity index (χ4v) is 3.44. The molecule has 4 heteroatoms. The van der Waals surface area contributed by atoms with Crippen LogP contribution in [0.15, 0.2) is 5.38 Å². The Hall–Kier alpha value is -0.280. The van der Waals surface area contributed by atoms with Crippen molar-refractivity contribution in [1.82, 2.24) is 4.98 Å². The van der Waals surface area contributed by atoms with E-state index in [-0.39, 0.29) is 0 Å². The summed E-state index contributed by atoms with van der Waals surface area (Å²) in [4.78, 5) is 7.00. The Labute approximate surface area is 100 Å². The van der Waals surface area contributed by atoms with Crippen LogP contribution in [0.4, 0.5) is 5.13 Å². The Morgan fingerprint density at radius 3 is 2.80 bits per heavy atom. The van der Waals surface area contributed by atoms with Gasteiger partial charge in [0, 0.05) is 18.0 Å². The van der Waals surface area contributed by atoms with Crippen LogP contribution in [0.3, 0.4) is 0 Å². The first-order valence-electron chi connectivity index (χ1n) is 5.62. The normalized spacial score (nSPS) is 17.2. The van der Waals surface area contributed by atoms with Crippen LogP contribution in [-0.2, 0) is 5.88 Å². The molecule has 0 bridgehead atoms. The zero-order valence-electron chi connectivity index (χ0n) is 9.08. The van der Waals surface area contributed by atoms with E-state index in [1.54, 1.807) is 11.3 Å². The molecule has 1 aromatic rings. The van der Waals surface area contributed by atoms with Crippen LogP contribution in [0.2, 0.25) is 0 Å². The molecule has 0 amide bonds. The molecule has 2 nitrogen and oxygen atoms in total. The number of hydrogen-bond acceptors (Lipinski definition) is 3. The predicted molar refractivity (Wildman–Crippen MR) is 66.9 cm³/mol. The molecule has 0 aliphatic heterocycles. The van der Waals surface area contributed by atoms with Crippen molar-refractivity contribution >= 4 is 28.1 Å². The van der Waals surface area contributed by atoms with E-state index in [1.165, 1.54) is 25.7 Å². The van der Waals surface area contributed by atoms with Crippen LogP contribution < -0.4 is 4.90 Å². The van der Waals surface area contributed by atoms with Crippen molar-refractivity contribution < 1.29 is 0 Å². The fraction of sp³-hybridized carbons (Fsp3) is 0.727. The molecule has 1 fully saturated rings. The molecule has 1 saturated carbocycles. The maximum atomic E-state index is 5.77. The number of halogens is 1. The van der Waals surface area contributed by atoms with Gasteiger partial charge in [-0.15, -0.1) is 22.9 Å². The van der Waals surface area contributed by atoms with E-state index in [2.05, 4.69) is 22.2 Å². The third-order valence-electron chi connectivity index (χ3n) is 3.03. The number of alkyl halides is 1. The molecule has 1 aromatic heterocycles. The Morgan fingerprint density at radius 1 is 1.53 bits per heavy atom. The van der Waals surface area contributed by atoms with Crippen LogP contribution in [0.5, 0.6) is 0 Å². The summed E-state index contributed by atoms with van der Waals surface area (Å²) in [7, 11) is 0. The lowest BCUT2D eigenvalue weighted by molar-refractivity contribution is 0.618. The third kappa shape index (κ3) is 2.45. The van der Waals surface area contributed by atoms with E-state index in [0.29, 0.717) is 11.9 Å². The Morgan fingerprint density at radius 2 is 2.27 bits per heavy atom. The summed E-state index contributed by atoms with van der Waals surface area (Å²) in [5, 5.41) is 3.22. The number of rotatable bonds is 4. The molecule has 0 spiro atoms. The molecule has 0 radical (unpaired) electrons. The van der Waals surface area contributed by atoms with Gasteiger partial charge in [0.05, 0.1) is 11.6 Å². The van der Waals surface area contributed by atoms with Crippen molar-refractivity contribution in [3.05, 3.63) is 11.1 Å². The maximum Gasteiger partial charge on any atom is 0.185 e. The molecule has 0 N–H and O–H groups in total. The van der Waals surface area contributed by atoms with Gasteiger partial charge in [0.1, 0.15) is 0 Å². The Bertz CT molecular complexity index is 307. The van der Waals surface area contributed by atoms with Crippen molar-refractivity contribution in [2.75, 3.05) is 11.4 Å². The first-order chi connectivity index (χ1) is 7.35. The summed E-state index contributed by atoms with van der Waals surface area (Å²) in [6, 6.07) is 0.712. The topological polar surface area (TPSA) is 16.1 Å². The smallest absolute Gasteiger partial charge is 0.185 e. The van der Waals surface area contributed by atoms with E-state index in [1.807, 2.05) is 0 Å². The molecular formula is C11H17ClN2S. The SMILES string of the molecule is CCN(c1nc(CCl)cs1)C1CCCC1. The molecular weight excluding hydrogens is 228 g/mol. The average Bonchev–Trinajstić information content (AvgIpc) is 2.89. The van der Waals surface area contributed by atoms with E-state index in [9.17, 15) is 0 Å². The van der Waals surface area contributed by atoms with Gasteiger partial charge in [-0.1, -0.05) is 12.8 Å². The monoisotopic (exact) mass is 244 g/mol. The second-order valence-electron chi connectivity index (χ2n) is 3.98. The lowest BCUT2D eigenvalue weighted by Gasteiger charge is -2.26. The largest absolute Gasteiger partial charge is 0.345 e. The zero-order valence-corrected chi connectivity index (χ0v) is 10.7. The highest BCUT2D eigenvalue weighted by Crippen LogP contribution is 2.30. The number of anilines is 1. The number of thiazole rings is 1. The maximum absolute atomic E-state index is 5.77. The van der Waals surface area contributed by atoms with Crippen LogP contribution >= 0.6 is 22.9 Å². The van der Waals surface area contributed by atoms with Gasteiger partial charge in [-0.25, -0.2) is 4.98 Å². The molecule has 0 saturated heterocycles. The Kier molecular flexibility index (Phi) is 3.87. The molecule has 0 unspecified atom stereocenters. The van der Waals surface area contributed by atoms with Gasteiger partial charge in [-0.2, -0.15) is 0 Å². The predicted octanol–water partition coefficient (Wildman–Crippen LogP) is 3.65. The van der Waals surface area contributed by atoms with Crippen molar-refractivity contribution in [3.8, 4) is 0 Å². The van der Waals surface area contributed by atoms with Crippen LogP contribution in [0.1, 0.15) is 38.3 Å². The van der Waals surface area contributed by atoms with Crippen molar-refractivity contribution in [1.29, 1.82) is 0 Å². The second-order valence-corrected chi connectivity index (χ2v) is 5.08. The molecule has 2 rings (SSSR count).